The van der Waals surface area contributed by atoms with Crippen LogP contribution in [0.25, 0.3) is 32.9 Å². The number of ether oxygens (including phenoxy) is 4. The second kappa shape index (κ2) is 14.0. The lowest BCUT2D eigenvalue weighted by Crippen LogP contribution is -2.57. The van der Waals surface area contributed by atoms with Gasteiger partial charge < -0.3 is 23.8 Å². The molecule has 0 radical (unpaired) electrons. The fourth-order valence-corrected chi connectivity index (χ4v) is 9.02. The van der Waals surface area contributed by atoms with Gasteiger partial charge in [0.1, 0.15) is 35.0 Å². The summed E-state index contributed by atoms with van der Waals surface area (Å²) >= 11 is 6.59. The van der Waals surface area contributed by atoms with E-state index in [-0.39, 0.29) is 54.3 Å². The van der Waals surface area contributed by atoms with Crippen LogP contribution in [0, 0.1) is 18.2 Å². The van der Waals surface area contributed by atoms with Crippen LogP contribution in [0.3, 0.4) is 0 Å². The highest BCUT2D eigenvalue weighted by Crippen LogP contribution is 2.44. The topological polar surface area (TPSA) is 102 Å². The Labute approximate surface area is 325 Å². The normalized spacial score (nSPS) is 20.7. The summed E-state index contributed by atoms with van der Waals surface area (Å²) in [6.07, 6.45) is 10.4. The minimum atomic E-state index is -0.683. The molecule has 4 aliphatic heterocycles. The number of anilines is 1. The van der Waals surface area contributed by atoms with Gasteiger partial charge in [0.15, 0.2) is 12.6 Å². The van der Waals surface area contributed by atoms with Gasteiger partial charge in [-0.1, -0.05) is 47.9 Å². The van der Waals surface area contributed by atoms with Crippen molar-refractivity contribution in [3.05, 3.63) is 71.2 Å². The molecule has 13 heteroatoms. The van der Waals surface area contributed by atoms with Gasteiger partial charge in [-0.05, 0) is 70.0 Å². The number of terminal acetylenes is 1. The van der Waals surface area contributed by atoms with Gasteiger partial charge in [-0.3, -0.25) is 14.8 Å². The van der Waals surface area contributed by atoms with Gasteiger partial charge in [0.25, 0.3) is 0 Å². The Kier molecular flexibility index (Phi) is 9.39. The molecule has 55 heavy (non-hydrogen) atoms. The van der Waals surface area contributed by atoms with Gasteiger partial charge in [-0.2, -0.15) is 9.97 Å². The molecule has 0 saturated carbocycles. The molecule has 4 saturated heterocycles. The third-order valence-corrected chi connectivity index (χ3v) is 11.3. The number of hydrogen-bond acceptors (Lipinski definition) is 10. The molecule has 4 aliphatic rings. The minimum Gasteiger partial charge on any atom is -0.468 e. The number of carbonyl (C=O) groups is 1. The zero-order valence-electron chi connectivity index (χ0n) is 31.6. The summed E-state index contributed by atoms with van der Waals surface area (Å²) in [5.41, 5.74) is 2.15. The van der Waals surface area contributed by atoms with Gasteiger partial charge in [-0.25, -0.2) is 9.18 Å². The molecule has 2 atom stereocenters. The largest absolute Gasteiger partial charge is 0.468 e. The second-order valence-corrected chi connectivity index (χ2v) is 16.5. The van der Waals surface area contributed by atoms with Crippen LogP contribution >= 0.6 is 11.6 Å². The molecule has 2 aromatic carbocycles. The Morgan fingerprint density at radius 1 is 1.09 bits per heavy atom. The number of nitrogens with zero attached hydrogens (tertiary/aromatic N) is 6. The number of pyridine rings is 1. The molecule has 1 amide bonds. The molecule has 4 fully saturated rings. The highest BCUT2D eigenvalue weighted by Gasteiger charge is 2.48. The van der Waals surface area contributed by atoms with E-state index >= 15 is 4.39 Å². The van der Waals surface area contributed by atoms with E-state index in [0.29, 0.717) is 57.0 Å². The van der Waals surface area contributed by atoms with Gasteiger partial charge >= 0.3 is 12.1 Å². The fraction of sp³-hybridized carbons (Fsp3) is 0.429. The Balaban J connectivity index is 1.25. The van der Waals surface area contributed by atoms with E-state index in [2.05, 4.69) is 28.9 Å². The van der Waals surface area contributed by atoms with Crippen molar-refractivity contribution in [1.82, 2.24) is 24.8 Å². The van der Waals surface area contributed by atoms with Gasteiger partial charge in [-0.15, -0.1) is 6.42 Å². The van der Waals surface area contributed by atoms with E-state index in [9.17, 15) is 4.79 Å². The molecule has 6 heterocycles. The number of fused-ring (bicyclic) bond motifs is 5. The van der Waals surface area contributed by atoms with E-state index in [4.69, 9.17) is 51.9 Å². The smallest absolute Gasteiger partial charge is 0.410 e. The van der Waals surface area contributed by atoms with Crippen LogP contribution < -0.4 is 14.4 Å². The number of piperazine rings is 1. The SMILES string of the molecule is C#Cc1c(Cl)ccc2cc(OCOC)cc(-c3ncc4c(N5C[C@H]6CC[C@@H](C5)N6C(=O)OC(C)(C)C)nc(OCC56CC(=C)CN5CC(=C)C6)nc4c3F)c12. The van der Waals surface area contributed by atoms with Crippen LogP contribution in [0.5, 0.6) is 11.8 Å². The third-order valence-electron chi connectivity index (χ3n) is 10.9. The summed E-state index contributed by atoms with van der Waals surface area (Å²) in [5, 5.41) is 2.00. The predicted octanol–water partition coefficient (Wildman–Crippen LogP) is 7.53. The third kappa shape index (κ3) is 6.72. The lowest BCUT2D eigenvalue weighted by molar-refractivity contribution is 0.0122. The fourth-order valence-electron chi connectivity index (χ4n) is 8.81. The molecule has 0 N–H and O–H groups in total. The van der Waals surface area contributed by atoms with Crippen LogP contribution in [-0.2, 0) is 9.47 Å². The van der Waals surface area contributed by atoms with Crippen molar-refractivity contribution < 1.29 is 28.1 Å². The van der Waals surface area contributed by atoms with Crippen molar-refractivity contribution in [2.24, 2.45) is 0 Å². The van der Waals surface area contributed by atoms with E-state index in [1.807, 2.05) is 25.7 Å². The standard InChI is InChI=1S/C42H44ClFN6O5/c1-8-30-33(43)12-9-26-13-29(54-23-52-7)14-31(34(26)30)36-35(44)37-32(17-45-36)38(48-20-27-10-11-28(21-48)50(27)40(51)55-41(4,5)6)47-39(46-37)53-22-42-15-24(2)18-49(42)19-25(3)16-42/h1,9,12-14,17,27-28H,2-3,10-11,15-16,18-23H2,4-7H3/t27-,28+. The highest BCUT2D eigenvalue weighted by atomic mass is 35.5. The summed E-state index contributed by atoms with van der Waals surface area (Å²) in [4.78, 5) is 34.0. The number of amides is 1. The summed E-state index contributed by atoms with van der Waals surface area (Å²) in [5.74, 6) is 2.91. The molecule has 4 aromatic rings. The number of methoxy groups -OCH3 is 1. The van der Waals surface area contributed by atoms with Crippen molar-refractivity contribution in [2.75, 3.05) is 51.6 Å². The van der Waals surface area contributed by atoms with E-state index in [0.717, 1.165) is 49.9 Å². The van der Waals surface area contributed by atoms with E-state index in [1.165, 1.54) is 7.11 Å². The number of hydrogen-bond donors (Lipinski definition) is 0. The average molecular weight is 767 g/mol. The maximum absolute atomic E-state index is 17.4. The molecule has 11 nitrogen and oxygen atoms in total. The molecule has 8 rings (SSSR count). The lowest BCUT2D eigenvalue weighted by atomic mass is 9.92. The average Bonchev–Trinajstić information content (AvgIpc) is 3.71. The second-order valence-electron chi connectivity index (χ2n) is 16.1. The number of halogens is 2. The highest BCUT2D eigenvalue weighted by molar-refractivity contribution is 6.33. The van der Waals surface area contributed by atoms with Gasteiger partial charge in [0.05, 0.1) is 33.6 Å². The molecule has 0 spiro atoms. The minimum absolute atomic E-state index is 0.00787. The monoisotopic (exact) mass is 766 g/mol. The van der Waals surface area contributed by atoms with Crippen molar-refractivity contribution >= 4 is 45.2 Å². The zero-order chi connectivity index (χ0) is 38.8. The molecule has 0 aliphatic carbocycles. The number of carbonyl (C=O) groups excluding carboxylic acids is 1. The first-order chi connectivity index (χ1) is 26.3. The molecular formula is C42H44ClFN6O5. The molecule has 0 unspecified atom stereocenters. The van der Waals surface area contributed by atoms with E-state index < -0.39 is 11.4 Å². The Morgan fingerprint density at radius 3 is 2.45 bits per heavy atom. The first kappa shape index (κ1) is 37.0. The summed E-state index contributed by atoms with van der Waals surface area (Å²) < 4.78 is 40.6. The van der Waals surface area contributed by atoms with Crippen molar-refractivity contribution in [3.8, 4) is 35.4 Å². The summed E-state index contributed by atoms with van der Waals surface area (Å²) in [6, 6.07) is 6.78. The maximum Gasteiger partial charge on any atom is 0.410 e. The van der Waals surface area contributed by atoms with Crippen LogP contribution in [0.4, 0.5) is 15.0 Å². The first-order valence-corrected chi connectivity index (χ1v) is 18.8. The number of benzene rings is 2. The summed E-state index contributed by atoms with van der Waals surface area (Å²) in [7, 11) is 1.52. The van der Waals surface area contributed by atoms with Crippen molar-refractivity contribution in [2.45, 2.75) is 69.7 Å². The van der Waals surface area contributed by atoms with Crippen molar-refractivity contribution in [3.63, 3.8) is 0 Å². The van der Waals surface area contributed by atoms with Crippen molar-refractivity contribution in [1.29, 1.82) is 0 Å². The predicted molar refractivity (Wildman–Crippen MR) is 210 cm³/mol. The lowest BCUT2D eigenvalue weighted by Gasteiger charge is -2.42. The van der Waals surface area contributed by atoms with Crippen LogP contribution in [0.2, 0.25) is 5.02 Å². The Morgan fingerprint density at radius 2 is 1.80 bits per heavy atom. The molecule has 2 aromatic heterocycles. The quantitative estimate of drug-likeness (QED) is 0.102. The Hall–Kier alpha value is -4.96. The zero-order valence-corrected chi connectivity index (χ0v) is 32.3. The summed E-state index contributed by atoms with van der Waals surface area (Å²) in [6.45, 7) is 16.8. The van der Waals surface area contributed by atoms with Crippen LogP contribution in [0.15, 0.2) is 54.8 Å². The van der Waals surface area contributed by atoms with Gasteiger partial charge in [0, 0.05) is 50.4 Å². The number of rotatable bonds is 8. The molecule has 2 bridgehead atoms. The molecular weight excluding hydrogens is 723 g/mol. The van der Waals surface area contributed by atoms with E-state index in [1.54, 1.807) is 30.5 Å². The Bertz CT molecular complexity index is 2270. The van der Waals surface area contributed by atoms with Crippen LogP contribution in [0.1, 0.15) is 52.0 Å². The van der Waals surface area contributed by atoms with Crippen LogP contribution in [-0.4, -0.2) is 101 Å². The number of aromatic nitrogens is 3. The van der Waals surface area contributed by atoms with Gasteiger partial charge in [0.2, 0.25) is 0 Å². The molecule has 286 valence electrons. The first-order valence-electron chi connectivity index (χ1n) is 18.5. The maximum atomic E-state index is 17.4.